The van der Waals surface area contributed by atoms with E-state index in [1.807, 2.05) is 50.1 Å². The minimum Gasteiger partial charge on any atom is -0.497 e. The average molecular weight is 498 g/mol. The van der Waals surface area contributed by atoms with Gasteiger partial charge in [-0.25, -0.2) is 12.7 Å². The smallest absolute Gasteiger partial charge is 0.215 e. The van der Waals surface area contributed by atoms with Crippen LogP contribution < -0.4 is 10.1 Å². The van der Waals surface area contributed by atoms with Crippen LogP contribution in [0.15, 0.2) is 29.3 Å². The van der Waals surface area contributed by atoms with Crippen molar-refractivity contribution in [2.45, 2.75) is 20.4 Å². The fourth-order valence-corrected chi connectivity index (χ4v) is 3.91. The molecule has 150 valence electrons. The molecule has 7 nitrogen and oxygen atoms in total. The minimum absolute atomic E-state index is 0. The molecule has 0 bridgehead atoms. The lowest BCUT2D eigenvalue weighted by Crippen LogP contribution is -2.42. The molecule has 1 aromatic carbocycles. The van der Waals surface area contributed by atoms with Crippen molar-refractivity contribution in [2.75, 3.05) is 46.6 Å². The Labute approximate surface area is 174 Å². The zero-order valence-electron chi connectivity index (χ0n) is 16.2. The van der Waals surface area contributed by atoms with Gasteiger partial charge in [-0.2, -0.15) is 0 Å². The van der Waals surface area contributed by atoms with Crippen molar-refractivity contribution in [1.29, 1.82) is 0 Å². The summed E-state index contributed by atoms with van der Waals surface area (Å²) in [6, 6.07) is 7.81. The monoisotopic (exact) mass is 498 g/mol. The summed E-state index contributed by atoms with van der Waals surface area (Å²) in [4.78, 5) is 6.17. The third kappa shape index (κ3) is 7.67. The average Bonchev–Trinajstić information content (AvgIpc) is 2.60. The molecule has 26 heavy (non-hydrogen) atoms. The molecule has 0 aromatic heterocycles. The lowest BCUT2D eigenvalue weighted by molar-refractivity contribution is 0.414. The quantitative estimate of drug-likeness (QED) is 0.320. The first-order chi connectivity index (χ1) is 11.9. The Morgan fingerprint density at radius 2 is 1.77 bits per heavy atom. The second-order valence-corrected chi connectivity index (χ2v) is 7.67. The summed E-state index contributed by atoms with van der Waals surface area (Å²) in [6.07, 6.45) is 0. The van der Waals surface area contributed by atoms with Gasteiger partial charge in [0.25, 0.3) is 0 Å². The van der Waals surface area contributed by atoms with Crippen LogP contribution >= 0.6 is 24.0 Å². The maximum atomic E-state index is 12.2. The molecular formula is C17H31IN4O3S. The highest BCUT2D eigenvalue weighted by molar-refractivity contribution is 14.0. The number of ether oxygens (including phenoxy) is 1. The van der Waals surface area contributed by atoms with Crippen LogP contribution in [0.4, 0.5) is 0 Å². The van der Waals surface area contributed by atoms with Crippen LogP contribution in [0.1, 0.15) is 19.4 Å². The van der Waals surface area contributed by atoms with Gasteiger partial charge in [-0.3, -0.25) is 4.99 Å². The van der Waals surface area contributed by atoms with Gasteiger partial charge >= 0.3 is 0 Å². The first-order valence-electron chi connectivity index (χ1n) is 8.40. The van der Waals surface area contributed by atoms with Crippen LogP contribution in [0, 0.1) is 0 Å². The largest absolute Gasteiger partial charge is 0.497 e. The number of hydrogen-bond donors (Lipinski definition) is 1. The zero-order valence-corrected chi connectivity index (χ0v) is 19.4. The molecule has 0 aliphatic rings. The van der Waals surface area contributed by atoms with Gasteiger partial charge in [-0.15, -0.1) is 24.0 Å². The number of hydrogen-bond acceptors (Lipinski definition) is 4. The highest BCUT2D eigenvalue weighted by Crippen LogP contribution is 2.12. The summed E-state index contributed by atoms with van der Waals surface area (Å²) >= 11 is 0. The summed E-state index contributed by atoms with van der Waals surface area (Å²) in [5.74, 6) is 1.52. The van der Waals surface area contributed by atoms with Crippen LogP contribution in [0.2, 0.25) is 0 Å². The summed E-state index contributed by atoms with van der Waals surface area (Å²) in [5.41, 5.74) is 1.11. The third-order valence-electron chi connectivity index (χ3n) is 3.89. The van der Waals surface area contributed by atoms with Crippen LogP contribution in [-0.4, -0.2) is 70.2 Å². The fourth-order valence-electron chi connectivity index (χ4n) is 2.50. The number of methoxy groups -OCH3 is 1. The Morgan fingerprint density at radius 1 is 1.19 bits per heavy atom. The van der Waals surface area contributed by atoms with Crippen molar-refractivity contribution in [1.82, 2.24) is 14.5 Å². The van der Waals surface area contributed by atoms with Gasteiger partial charge in [0.2, 0.25) is 10.0 Å². The molecule has 0 aliphatic heterocycles. The highest BCUT2D eigenvalue weighted by Gasteiger charge is 2.18. The third-order valence-corrected chi connectivity index (χ3v) is 5.92. The second kappa shape index (κ2) is 12.3. The van der Waals surface area contributed by atoms with Crippen molar-refractivity contribution in [3.8, 4) is 5.75 Å². The van der Waals surface area contributed by atoms with Crippen molar-refractivity contribution >= 4 is 40.0 Å². The molecule has 0 heterocycles. The molecular weight excluding hydrogens is 467 g/mol. The number of aliphatic imine (C=N–C) groups is 1. The number of benzene rings is 1. The zero-order chi connectivity index (χ0) is 18.9. The Bertz CT molecular complexity index is 646. The van der Waals surface area contributed by atoms with Crippen LogP contribution in [0.25, 0.3) is 0 Å². The van der Waals surface area contributed by atoms with Gasteiger partial charge in [0, 0.05) is 40.3 Å². The molecule has 1 rings (SSSR count). The first kappa shape index (κ1) is 24.9. The fraction of sp³-hybridized carbons (Fsp3) is 0.588. The lowest BCUT2D eigenvalue weighted by Gasteiger charge is -2.23. The van der Waals surface area contributed by atoms with Gasteiger partial charge in [-0.05, 0) is 17.7 Å². The van der Waals surface area contributed by atoms with Crippen LogP contribution in [0.3, 0.4) is 0 Å². The van der Waals surface area contributed by atoms with E-state index in [0.29, 0.717) is 32.1 Å². The number of nitrogens with zero attached hydrogens (tertiary/aromatic N) is 3. The van der Waals surface area contributed by atoms with E-state index in [-0.39, 0.29) is 29.7 Å². The molecule has 0 saturated heterocycles. The number of sulfonamides is 1. The molecule has 0 atom stereocenters. The number of nitrogens with one attached hydrogen (secondary N) is 1. The van der Waals surface area contributed by atoms with E-state index >= 15 is 0 Å². The molecule has 0 saturated carbocycles. The van der Waals surface area contributed by atoms with Gasteiger partial charge < -0.3 is 15.0 Å². The van der Waals surface area contributed by atoms with E-state index in [1.165, 1.54) is 4.31 Å². The summed E-state index contributed by atoms with van der Waals surface area (Å²) in [5, 5.41) is 3.12. The summed E-state index contributed by atoms with van der Waals surface area (Å²) in [6.45, 7) is 5.65. The molecule has 9 heteroatoms. The lowest BCUT2D eigenvalue weighted by atomic mass is 10.2. The van der Waals surface area contributed by atoms with Crippen molar-refractivity contribution in [3.05, 3.63) is 29.8 Å². The Balaban J connectivity index is 0.00000625. The summed E-state index contributed by atoms with van der Waals surface area (Å²) in [7, 11) is 2.00. The molecule has 0 unspecified atom stereocenters. The molecule has 0 fully saturated rings. The van der Waals surface area contributed by atoms with Crippen LogP contribution in [0.5, 0.6) is 5.75 Å². The van der Waals surface area contributed by atoms with Crippen LogP contribution in [-0.2, 0) is 16.6 Å². The maximum Gasteiger partial charge on any atom is 0.215 e. The van der Waals surface area contributed by atoms with E-state index in [4.69, 9.17) is 4.74 Å². The standard InChI is InChI=1S/C17H30N4O3S.HI/c1-6-21(7-2)25(22,23)13-12-19-17(18-3)20(4)14-15-8-10-16(24-5)11-9-15;/h8-11H,6-7,12-14H2,1-5H3,(H,18,19);1H. The highest BCUT2D eigenvalue weighted by atomic mass is 127. The van der Waals surface area contributed by atoms with E-state index in [2.05, 4.69) is 10.3 Å². The molecule has 0 aliphatic carbocycles. The second-order valence-electron chi connectivity index (χ2n) is 5.58. The molecule has 1 aromatic rings. The molecule has 0 spiro atoms. The maximum absolute atomic E-state index is 12.2. The molecule has 0 amide bonds. The van der Waals surface area contributed by atoms with Gasteiger partial charge in [0.05, 0.1) is 12.9 Å². The van der Waals surface area contributed by atoms with E-state index < -0.39 is 10.0 Å². The SMILES string of the molecule is CCN(CC)S(=O)(=O)CCNC(=NC)N(C)Cc1ccc(OC)cc1.I. The predicted octanol–water partition coefficient (Wildman–Crippen LogP) is 1.99. The van der Waals surface area contributed by atoms with E-state index in [0.717, 1.165) is 11.3 Å². The Hall–Kier alpha value is -1.07. The van der Waals surface area contributed by atoms with Crippen molar-refractivity contribution in [3.63, 3.8) is 0 Å². The normalized spacial score (nSPS) is 11.8. The summed E-state index contributed by atoms with van der Waals surface area (Å²) < 4.78 is 31.0. The molecule has 1 N–H and O–H groups in total. The Morgan fingerprint density at radius 3 is 2.23 bits per heavy atom. The first-order valence-corrected chi connectivity index (χ1v) is 10.0. The minimum atomic E-state index is -3.24. The van der Waals surface area contributed by atoms with Crippen molar-refractivity contribution < 1.29 is 13.2 Å². The molecule has 0 radical (unpaired) electrons. The number of guanidine groups is 1. The predicted molar refractivity (Wildman–Crippen MR) is 118 cm³/mol. The van der Waals surface area contributed by atoms with Gasteiger partial charge in [0.1, 0.15) is 5.75 Å². The topological polar surface area (TPSA) is 74.2 Å². The van der Waals surface area contributed by atoms with Gasteiger partial charge in [-0.1, -0.05) is 26.0 Å². The number of rotatable bonds is 9. The number of halogens is 1. The van der Waals surface area contributed by atoms with Gasteiger partial charge in [0.15, 0.2) is 5.96 Å². The van der Waals surface area contributed by atoms with E-state index in [9.17, 15) is 8.42 Å². The Kier molecular flexibility index (Phi) is 11.8. The van der Waals surface area contributed by atoms with Crippen molar-refractivity contribution in [2.24, 2.45) is 4.99 Å². The van der Waals surface area contributed by atoms with E-state index in [1.54, 1.807) is 14.2 Å².